The Morgan fingerprint density at radius 3 is 1.09 bits per heavy atom. The van der Waals surface area contributed by atoms with Gasteiger partial charge < -0.3 is 0 Å². The SMILES string of the molecule is c1ccc(-c2cc(-c3ccccc3)nc(-c3ccc(-c4c(-c5ccc(-c6nc(-c7ccccc7)nc(-c7ccccc7)n6)cc5)ccc5ccccc45)cc3)n2)cc1. The number of hydrogen-bond acceptors (Lipinski definition) is 5. The van der Waals surface area contributed by atoms with Gasteiger partial charge in [-0.1, -0.05) is 206 Å². The minimum Gasteiger partial charge on any atom is -0.228 e. The average molecular weight is 742 g/mol. The lowest BCUT2D eigenvalue weighted by Gasteiger charge is -2.15. The molecule has 272 valence electrons. The molecule has 0 unspecified atom stereocenters. The topological polar surface area (TPSA) is 64.5 Å². The highest BCUT2D eigenvalue weighted by Gasteiger charge is 2.16. The molecule has 10 rings (SSSR count). The molecule has 0 aliphatic carbocycles. The summed E-state index contributed by atoms with van der Waals surface area (Å²) >= 11 is 0. The van der Waals surface area contributed by atoms with Gasteiger partial charge in [-0.3, -0.25) is 0 Å². The largest absolute Gasteiger partial charge is 0.228 e. The maximum absolute atomic E-state index is 5.07. The molecule has 0 radical (unpaired) electrons. The van der Waals surface area contributed by atoms with Crippen LogP contribution in [-0.2, 0) is 0 Å². The lowest BCUT2D eigenvalue weighted by Crippen LogP contribution is -2.00. The quantitative estimate of drug-likeness (QED) is 0.155. The number of nitrogens with zero attached hydrogens (tertiary/aromatic N) is 5. The second-order valence-electron chi connectivity index (χ2n) is 14.1. The molecule has 10 aromatic rings. The van der Waals surface area contributed by atoms with Gasteiger partial charge in [0.15, 0.2) is 23.3 Å². The minimum absolute atomic E-state index is 0.627. The molecular weight excluding hydrogens is 707 g/mol. The molecule has 5 heteroatoms. The Morgan fingerprint density at radius 1 is 0.241 bits per heavy atom. The van der Waals surface area contributed by atoms with Gasteiger partial charge in [0.1, 0.15) is 0 Å². The van der Waals surface area contributed by atoms with Crippen LogP contribution in [0.3, 0.4) is 0 Å². The van der Waals surface area contributed by atoms with E-state index in [4.69, 9.17) is 24.9 Å². The summed E-state index contributed by atoms with van der Waals surface area (Å²) in [6.45, 7) is 0. The van der Waals surface area contributed by atoms with Crippen molar-refractivity contribution in [2.75, 3.05) is 0 Å². The Morgan fingerprint density at radius 2 is 0.603 bits per heavy atom. The van der Waals surface area contributed by atoms with Gasteiger partial charge in [-0.25, -0.2) is 24.9 Å². The fourth-order valence-electron chi connectivity index (χ4n) is 7.44. The van der Waals surface area contributed by atoms with Gasteiger partial charge in [-0.15, -0.1) is 0 Å². The molecule has 0 aliphatic rings. The van der Waals surface area contributed by atoms with Gasteiger partial charge >= 0.3 is 0 Å². The fourth-order valence-corrected chi connectivity index (χ4v) is 7.44. The molecule has 0 saturated heterocycles. The van der Waals surface area contributed by atoms with Gasteiger partial charge in [0.2, 0.25) is 0 Å². The van der Waals surface area contributed by atoms with Gasteiger partial charge in [0, 0.05) is 33.4 Å². The van der Waals surface area contributed by atoms with Crippen LogP contribution in [0.1, 0.15) is 0 Å². The van der Waals surface area contributed by atoms with E-state index in [1.165, 1.54) is 16.3 Å². The van der Waals surface area contributed by atoms with Crippen LogP contribution in [0.2, 0.25) is 0 Å². The lowest BCUT2D eigenvalue weighted by molar-refractivity contribution is 1.07. The highest BCUT2D eigenvalue weighted by molar-refractivity contribution is 6.04. The Kier molecular flexibility index (Phi) is 9.14. The molecule has 0 saturated carbocycles. The smallest absolute Gasteiger partial charge is 0.164 e. The molecule has 0 bridgehead atoms. The Labute approximate surface area is 337 Å². The van der Waals surface area contributed by atoms with Crippen LogP contribution in [0.4, 0.5) is 0 Å². The van der Waals surface area contributed by atoms with Crippen molar-refractivity contribution in [3.8, 4) is 90.3 Å². The lowest BCUT2D eigenvalue weighted by atomic mass is 9.89. The third-order valence-electron chi connectivity index (χ3n) is 10.4. The second kappa shape index (κ2) is 15.3. The van der Waals surface area contributed by atoms with E-state index in [2.05, 4.69) is 115 Å². The molecule has 2 heterocycles. The van der Waals surface area contributed by atoms with E-state index in [1.807, 2.05) is 97.1 Å². The maximum atomic E-state index is 5.07. The third kappa shape index (κ3) is 6.93. The van der Waals surface area contributed by atoms with Crippen LogP contribution in [0.25, 0.3) is 101 Å². The monoisotopic (exact) mass is 741 g/mol. The van der Waals surface area contributed by atoms with Crippen LogP contribution >= 0.6 is 0 Å². The summed E-state index contributed by atoms with van der Waals surface area (Å²) in [5.74, 6) is 2.59. The Balaban J connectivity index is 1.04. The van der Waals surface area contributed by atoms with Crippen molar-refractivity contribution in [3.63, 3.8) is 0 Å². The van der Waals surface area contributed by atoms with Gasteiger partial charge in [-0.05, 0) is 39.1 Å². The van der Waals surface area contributed by atoms with E-state index >= 15 is 0 Å². The van der Waals surface area contributed by atoms with Gasteiger partial charge in [0.05, 0.1) is 11.4 Å². The summed E-state index contributed by atoms with van der Waals surface area (Å²) in [6.07, 6.45) is 0. The highest BCUT2D eigenvalue weighted by atomic mass is 15.0. The molecule has 58 heavy (non-hydrogen) atoms. The second-order valence-corrected chi connectivity index (χ2v) is 14.1. The van der Waals surface area contributed by atoms with Crippen LogP contribution in [0.5, 0.6) is 0 Å². The first-order valence-corrected chi connectivity index (χ1v) is 19.3. The standard InChI is InChI=1S/C53H35N5/c1-5-16-38(17-6-1)47-35-48(39-18-7-2-8-19-39)55-50(54-47)43-31-27-40(28-32-43)49-45-24-14-13-15-36(45)33-34-46(49)37-25-29-44(30-26-37)53-57-51(41-20-9-3-10-21-41)56-52(58-53)42-22-11-4-12-23-42/h1-35H. The number of hydrogen-bond donors (Lipinski definition) is 0. The molecule has 0 fully saturated rings. The van der Waals surface area contributed by atoms with Crippen LogP contribution < -0.4 is 0 Å². The first-order chi connectivity index (χ1) is 28.7. The van der Waals surface area contributed by atoms with Crippen molar-refractivity contribution in [1.82, 2.24) is 24.9 Å². The Bertz CT molecular complexity index is 2890. The third-order valence-corrected chi connectivity index (χ3v) is 10.4. The number of aromatic nitrogens is 5. The normalized spacial score (nSPS) is 11.1. The van der Waals surface area contributed by atoms with E-state index in [9.17, 15) is 0 Å². The van der Waals surface area contributed by atoms with Crippen LogP contribution in [0.15, 0.2) is 212 Å². The summed E-state index contributed by atoms with van der Waals surface area (Å²) in [7, 11) is 0. The van der Waals surface area contributed by atoms with Crippen molar-refractivity contribution >= 4 is 10.8 Å². The zero-order chi connectivity index (χ0) is 38.7. The fraction of sp³-hybridized carbons (Fsp3) is 0. The molecular formula is C53H35N5. The van der Waals surface area contributed by atoms with Gasteiger partial charge in [0.25, 0.3) is 0 Å². The van der Waals surface area contributed by atoms with Crippen molar-refractivity contribution in [3.05, 3.63) is 212 Å². The maximum Gasteiger partial charge on any atom is 0.164 e. The average Bonchev–Trinajstić information content (AvgIpc) is 3.32. The van der Waals surface area contributed by atoms with Crippen molar-refractivity contribution < 1.29 is 0 Å². The van der Waals surface area contributed by atoms with E-state index in [1.54, 1.807) is 0 Å². The van der Waals surface area contributed by atoms with Crippen molar-refractivity contribution in [2.24, 2.45) is 0 Å². The molecule has 2 aromatic heterocycles. The van der Waals surface area contributed by atoms with Crippen LogP contribution in [-0.4, -0.2) is 24.9 Å². The summed E-state index contributed by atoms with van der Waals surface area (Å²) in [6, 6.07) is 73.0. The predicted octanol–water partition coefficient (Wildman–Crippen LogP) is 13.2. The molecule has 0 atom stereocenters. The first-order valence-electron chi connectivity index (χ1n) is 19.3. The van der Waals surface area contributed by atoms with E-state index in [0.717, 1.165) is 61.5 Å². The van der Waals surface area contributed by atoms with E-state index in [-0.39, 0.29) is 0 Å². The minimum atomic E-state index is 0.627. The molecule has 0 amide bonds. The summed E-state index contributed by atoms with van der Waals surface area (Å²) in [5, 5.41) is 2.36. The summed E-state index contributed by atoms with van der Waals surface area (Å²) in [4.78, 5) is 24.9. The summed E-state index contributed by atoms with van der Waals surface area (Å²) < 4.78 is 0. The van der Waals surface area contributed by atoms with E-state index in [0.29, 0.717) is 23.3 Å². The number of fused-ring (bicyclic) bond motifs is 1. The first kappa shape index (κ1) is 34.6. The van der Waals surface area contributed by atoms with E-state index < -0.39 is 0 Å². The number of rotatable bonds is 8. The summed E-state index contributed by atoms with van der Waals surface area (Å²) in [5.41, 5.74) is 12.1. The van der Waals surface area contributed by atoms with Crippen molar-refractivity contribution in [2.45, 2.75) is 0 Å². The van der Waals surface area contributed by atoms with Gasteiger partial charge in [-0.2, -0.15) is 0 Å². The molecule has 0 aliphatic heterocycles. The molecule has 0 spiro atoms. The molecule has 0 N–H and O–H groups in total. The Hall–Kier alpha value is -7.89. The zero-order valence-electron chi connectivity index (χ0n) is 31.4. The van der Waals surface area contributed by atoms with Crippen LogP contribution in [0, 0.1) is 0 Å². The van der Waals surface area contributed by atoms with Crippen molar-refractivity contribution in [1.29, 1.82) is 0 Å². The molecule has 8 aromatic carbocycles. The number of benzene rings is 8. The molecule has 5 nitrogen and oxygen atoms in total. The predicted molar refractivity (Wildman–Crippen MR) is 236 cm³/mol. The highest BCUT2D eigenvalue weighted by Crippen LogP contribution is 2.40. The zero-order valence-corrected chi connectivity index (χ0v) is 31.4.